The lowest BCUT2D eigenvalue weighted by molar-refractivity contribution is 0.531. The van der Waals surface area contributed by atoms with Gasteiger partial charge in [-0.15, -0.1) is 0 Å². The van der Waals surface area contributed by atoms with E-state index >= 15 is 0 Å². The van der Waals surface area contributed by atoms with Crippen LogP contribution in [0, 0.1) is 6.92 Å². The smallest absolute Gasteiger partial charge is 0.110 e. The first-order valence-corrected chi connectivity index (χ1v) is 4.91. The summed E-state index contributed by atoms with van der Waals surface area (Å²) in [7, 11) is 0. The maximum absolute atomic E-state index is 6.00. The topological polar surface area (TPSA) is 13.1 Å². The highest BCUT2D eigenvalue weighted by molar-refractivity contribution is 6.31. The minimum Gasteiger partial charge on any atom is -0.468 e. The number of rotatable bonds is 2. The van der Waals surface area contributed by atoms with Gasteiger partial charge in [-0.2, -0.15) is 0 Å². The molecule has 0 fully saturated rings. The molecule has 2 heteroatoms. The zero-order valence-electron chi connectivity index (χ0n) is 7.96. The summed E-state index contributed by atoms with van der Waals surface area (Å²) in [5.41, 5.74) is 2.33. The molecule has 0 spiro atoms. The van der Waals surface area contributed by atoms with Crippen LogP contribution in [0.15, 0.2) is 41.0 Å². The average Bonchev–Trinajstić information content (AvgIpc) is 2.51. The van der Waals surface area contributed by atoms with Crippen molar-refractivity contribution in [1.29, 1.82) is 0 Å². The molecule has 1 aromatic heterocycles. The zero-order chi connectivity index (χ0) is 9.97. The summed E-state index contributed by atoms with van der Waals surface area (Å²) in [5.74, 6) is 0.902. The molecule has 72 valence electrons. The largest absolute Gasteiger partial charge is 0.468 e. The number of furan rings is 1. The van der Waals surface area contributed by atoms with Gasteiger partial charge >= 0.3 is 0 Å². The fourth-order valence-corrected chi connectivity index (χ4v) is 1.70. The Balaban J connectivity index is 2.27. The van der Waals surface area contributed by atoms with E-state index in [0.29, 0.717) is 5.02 Å². The molecule has 0 amide bonds. The summed E-state index contributed by atoms with van der Waals surface area (Å²) < 4.78 is 5.24. The van der Waals surface area contributed by atoms with Crippen molar-refractivity contribution < 1.29 is 4.42 Å². The first-order chi connectivity index (χ1) is 6.77. The van der Waals surface area contributed by atoms with Crippen molar-refractivity contribution in [3.8, 4) is 0 Å². The minimum absolute atomic E-state index is 0.714. The maximum Gasteiger partial charge on any atom is 0.110 e. The summed E-state index contributed by atoms with van der Waals surface area (Å²) >= 11 is 6.00. The van der Waals surface area contributed by atoms with Gasteiger partial charge in [0.15, 0.2) is 0 Å². The van der Waals surface area contributed by atoms with Gasteiger partial charge in [-0.3, -0.25) is 0 Å². The zero-order valence-corrected chi connectivity index (χ0v) is 8.71. The normalized spacial score (nSPS) is 10.4. The van der Waals surface area contributed by atoms with Crippen LogP contribution in [0.5, 0.6) is 0 Å². The monoisotopic (exact) mass is 206 g/mol. The van der Waals surface area contributed by atoms with Crippen molar-refractivity contribution in [2.24, 2.45) is 0 Å². The lowest BCUT2D eigenvalue weighted by Crippen LogP contribution is -1.88. The van der Waals surface area contributed by atoms with Gasteiger partial charge in [0.05, 0.1) is 5.02 Å². The summed E-state index contributed by atoms with van der Waals surface area (Å²) in [4.78, 5) is 0. The molecular weight excluding hydrogens is 196 g/mol. The van der Waals surface area contributed by atoms with Crippen LogP contribution in [0.1, 0.15) is 16.9 Å². The Hall–Kier alpha value is -1.21. The third kappa shape index (κ3) is 1.83. The van der Waals surface area contributed by atoms with Gasteiger partial charge in [0.2, 0.25) is 0 Å². The van der Waals surface area contributed by atoms with Crippen molar-refractivity contribution in [1.82, 2.24) is 0 Å². The van der Waals surface area contributed by atoms with E-state index in [1.54, 1.807) is 6.26 Å². The van der Waals surface area contributed by atoms with Crippen molar-refractivity contribution in [3.05, 3.63) is 58.5 Å². The molecule has 0 bridgehead atoms. The Morgan fingerprint density at radius 1 is 1.21 bits per heavy atom. The maximum atomic E-state index is 6.00. The number of hydrogen-bond acceptors (Lipinski definition) is 1. The molecule has 0 aliphatic heterocycles. The second-order valence-corrected chi connectivity index (χ2v) is 3.69. The molecule has 0 aliphatic carbocycles. The van der Waals surface area contributed by atoms with Crippen LogP contribution >= 0.6 is 11.6 Å². The van der Waals surface area contributed by atoms with Gasteiger partial charge in [0, 0.05) is 12.0 Å². The standard InChI is InChI=1S/C12H11ClO/c1-9-11(12(13)8-14-9)7-10-5-3-2-4-6-10/h2-6,8H,7H2,1H3. The molecule has 2 aromatic rings. The van der Waals surface area contributed by atoms with Gasteiger partial charge in [0.25, 0.3) is 0 Å². The lowest BCUT2D eigenvalue weighted by Gasteiger charge is -2.00. The molecule has 0 atom stereocenters. The van der Waals surface area contributed by atoms with Crippen LogP contribution in [0.3, 0.4) is 0 Å². The summed E-state index contributed by atoms with van der Waals surface area (Å²) in [6, 6.07) is 10.2. The van der Waals surface area contributed by atoms with E-state index in [9.17, 15) is 0 Å². The quantitative estimate of drug-likeness (QED) is 0.728. The second-order valence-electron chi connectivity index (χ2n) is 3.28. The van der Waals surface area contributed by atoms with E-state index in [1.165, 1.54) is 5.56 Å². The molecule has 0 saturated heterocycles. The molecule has 0 saturated carbocycles. The predicted octanol–water partition coefficient (Wildman–Crippen LogP) is 3.83. The van der Waals surface area contributed by atoms with Crippen LogP contribution in [-0.2, 0) is 6.42 Å². The average molecular weight is 207 g/mol. The summed E-state index contributed by atoms with van der Waals surface area (Å²) in [6.45, 7) is 1.93. The highest BCUT2D eigenvalue weighted by atomic mass is 35.5. The van der Waals surface area contributed by atoms with Crippen LogP contribution < -0.4 is 0 Å². The Bertz CT molecular complexity index is 398. The van der Waals surface area contributed by atoms with Crippen LogP contribution in [0.25, 0.3) is 0 Å². The van der Waals surface area contributed by atoms with Gasteiger partial charge in [-0.1, -0.05) is 41.9 Å². The molecule has 0 aliphatic rings. The first-order valence-electron chi connectivity index (χ1n) is 4.54. The highest BCUT2D eigenvalue weighted by Crippen LogP contribution is 2.24. The van der Waals surface area contributed by atoms with Gasteiger partial charge in [-0.25, -0.2) is 0 Å². The van der Waals surface area contributed by atoms with E-state index in [1.807, 2.05) is 25.1 Å². The van der Waals surface area contributed by atoms with E-state index in [0.717, 1.165) is 17.7 Å². The van der Waals surface area contributed by atoms with Gasteiger partial charge in [-0.05, 0) is 12.5 Å². The number of benzene rings is 1. The molecule has 0 radical (unpaired) electrons. The molecular formula is C12H11ClO. The van der Waals surface area contributed by atoms with E-state index in [4.69, 9.17) is 16.0 Å². The second kappa shape index (κ2) is 3.89. The predicted molar refractivity (Wildman–Crippen MR) is 57.7 cm³/mol. The fourth-order valence-electron chi connectivity index (χ4n) is 1.46. The van der Waals surface area contributed by atoms with Crippen molar-refractivity contribution in [3.63, 3.8) is 0 Å². The minimum atomic E-state index is 0.714. The third-order valence-electron chi connectivity index (χ3n) is 2.28. The summed E-state index contributed by atoms with van der Waals surface area (Å²) in [5, 5.41) is 0.714. The van der Waals surface area contributed by atoms with Crippen molar-refractivity contribution in [2.75, 3.05) is 0 Å². The summed E-state index contributed by atoms with van der Waals surface area (Å²) in [6.07, 6.45) is 2.43. The number of hydrogen-bond donors (Lipinski definition) is 0. The van der Waals surface area contributed by atoms with Crippen LogP contribution in [0.4, 0.5) is 0 Å². The van der Waals surface area contributed by atoms with Crippen molar-refractivity contribution in [2.45, 2.75) is 13.3 Å². The highest BCUT2D eigenvalue weighted by Gasteiger charge is 2.08. The van der Waals surface area contributed by atoms with Crippen molar-refractivity contribution >= 4 is 11.6 Å². The Kier molecular flexibility index (Phi) is 2.60. The molecule has 0 N–H and O–H groups in total. The molecule has 0 unspecified atom stereocenters. The lowest BCUT2D eigenvalue weighted by atomic mass is 10.1. The van der Waals surface area contributed by atoms with E-state index in [2.05, 4.69) is 12.1 Å². The fraction of sp³-hybridized carbons (Fsp3) is 0.167. The Labute approximate surface area is 88.3 Å². The van der Waals surface area contributed by atoms with Crippen LogP contribution in [0.2, 0.25) is 5.02 Å². The van der Waals surface area contributed by atoms with Crippen LogP contribution in [-0.4, -0.2) is 0 Å². The van der Waals surface area contributed by atoms with Gasteiger partial charge in [0.1, 0.15) is 12.0 Å². The number of halogens is 1. The Morgan fingerprint density at radius 3 is 2.50 bits per heavy atom. The first kappa shape index (κ1) is 9.35. The molecule has 1 aromatic carbocycles. The Morgan fingerprint density at radius 2 is 1.93 bits per heavy atom. The van der Waals surface area contributed by atoms with E-state index < -0.39 is 0 Å². The molecule has 14 heavy (non-hydrogen) atoms. The van der Waals surface area contributed by atoms with Gasteiger partial charge < -0.3 is 4.42 Å². The molecule has 2 rings (SSSR count). The molecule has 1 nitrogen and oxygen atoms in total. The SMILES string of the molecule is Cc1occ(Cl)c1Cc1ccccc1. The third-order valence-corrected chi connectivity index (χ3v) is 2.59. The number of aryl methyl sites for hydroxylation is 1. The molecule has 1 heterocycles. The van der Waals surface area contributed by atoms with E-state index in [-0.39, 0.29) is 0 Å².